The van der Waals surface area contributed by atoms with Crippen LogP contribution in [0.4, 0.5) is 11.4 Å². The first-order chi connectivity index (χ1) is 8.43. The first-order valence-electron chi connectivity index (χ1n) is 6.00. The van der Waals surface area contributed by atoms with Crippen LogP contribution < -0.4 is 16.4 Å². The van der Waals surface area contributed by atoms with Crippen LogP contribution in [0.5, 0.6) is 0 Å². The molecule has 0 bridgehead atoms. The molecule has 5 heteroatoms. The van der Waals surface area contributed by atoms with Gasteiger partial charge in [0.25, 0.3) is 5.91 Å². The number of nitrogen functional groups attached to an aromatic ring is 1. The van der Waals surface area contributed by atoms with Gasteiger partial charge in [-0.3, -0.25) is 4.79 Å². The van der Waals surface area contributed by atoms with Gasteiger partial charge in [-0.25, -0.2) is 0 Å². The van der Waals surface area contributed by atoms with Gasteiger partial charge in [-0.05, 0) is 38.5 Å². The van der Waals surface area contributed by atoms with Crippen LogP contribution >= 0.6 is 0 Å². The molecule has 0 radical (unpaired) electrons. The minimum atomic E-state index is -0.362. The van der Waals surface area contributed by atoms with Gasteiger partial charge in [0.1, 0.15) is 0 Å². The van der Waals surface area contributed by atoms with Crippen LogP contribution in [0.3, 0.4) is 0 Å². The summed E-state index contributed by atoms with van der Waals surface area (Å²) in [6.45, 7) is 3.72. The van der Waals surface area contributed by atoms with E-state index in [-0.39, 0.29) is 18.1 Å². The number of aliphatic hydroxyl groups is 1. The first-order valence-corrected chi connectivity index (χ1v) is 6.00. The van der Waals surface area contributed by atoms with Crippen molar-refractivity contribution in [3.05, 3.63) is 23.8 Å². The van der Waals surface area contributed by atoms with E-state index in [1.807, 2.05) is 6.92 Å². The highest BCUT2D eigenvalue weighted by atomic mass is 16.3. The van der Waals surface area contributed by atoms with Gasteiger partial charge in [0.05, 0.1) is 17.5 Å². The van der Waals surface area contributed by atoms with Crippen LogP contribution in [0.15, 0.2) is 18.2 Å². The summed E-state index contributed by atoms with van der Waals surface area (Å²) < 4.78 is 0. The number of rotatable bonds is 5. The second-order valence-electron chi connectivity index (χ2n) is 4.51. The number of benzene rings is 1. The number of carbonyl (C=O) groups is 1. The Morgan fingerprint density at radius 3 is 2.61 bits per heavy atom. The van der Waals surface area contributed by atoms with Crippen LogP contribution in [0.25, 0.3) is 0 Å². The smallest absolute Gasteiger partial charge is 0.251 e. The topological polar surface area (TPSA) is 87.4 Å². The van der Waals surface area contributed by atoms with Crippen molar-refractivity contribution in [2.24, 2.45) is 0 Å². The molecule has 100 valence electrons. The van der Waals surface area contributed by atoms with Crippen LogP contribution in [0, 0.1) is 0 Å². The maximum absolute atomic E-state index is 11.4. The Morgan fingerprint density at radius 2 is 2.11 bits per heavy atom. The van der Waals surface area contributed by atoms with Gasteiger partial charge in [0.15, 0.2) is 0 Å². The lowest BCUT2D eigenvalue weighted by Crippen LogP contribution is -2.22. The average molecular weight is 251 g/mol. The third kappa shape index (κ3) is 3.92. The number of anilines is 2. The van der Waals surface area contributed by atoms with E-state index in [2.05, 4.69) is 10.6 Å². The fourth-order valence-corrected chi connectivity index (χ4v) is 1.82. The highest BCUT2D eigenvalue weighted by Gasteiger charge is 2.10. The molecule has 0 spiro atoms. The summed E-state index contributed by atoms with van der Waals surface area (Å²) in [6, 6.07) is 5.24. The molecule has 0 saturated carbocycles. The lowest BCUT2D eigenvalue weighted by Gasteiger charge is -2.18. The van der Waals surface area contributed by atoms with E-state index >= 15 is 0 Å². The molecule has 5 nitrogen and oxygen atoms in total. The lowest BCUT2D eigenvalue weighted by atomic mass is 10.1. The van der Waals surface area contributed by atoms with E-state index in [0.717, 1.165) is 5.69 Å². The second kappa shape index (κ2) is 6.26. The second-order valence-corrected chi connectivity index (χ2v) is 4.51. The number of amides is 1. The Kier molecular flexibility index (Phi) is 4.97. The average Bonchev–Trinajstić information content (AvgIpc) is 2.29. The Morgan fingerprint density at radius 1 is 1.44 bits per heavy atom. The number of hydrogen-bond acceptors (Lipinski definition) is 4. The summed E-state index contributed by atoms with van der Waals surface area (Å²) in [5, 5.41) is 15.1. The zero-order valence-electron chi connectivity index (χ0n) is 11.0. The number of carbonyl (C=O) groups excluding carboxylic acids is 1. The van der Waals surface area contributed by atoms with Gasteiger partial charge in [-0.2, -0.15) is 0 Å². The van der Waals surface area contributed by atoms with Crippen molar-refractivity contribution >= 4 is 17.3 Å². The van der Waals surface area contributed by atoms with Crippen molar-refractivity contribution in [3.8, 4) is 0 Å². The molecule has 2 unspecified atom stereocenters. The normalized spacial score (nSPS) is 13.8. The summed E-state index contributed by atoms with van der Waals surface area (Å²) in [5.74, 6) is -0.162. The number of hydrogen-bond donors (Lipinski definition) is 4. The summed E-state index contributed by atoms with van der Waals surface area (Å²) in [4.78, 5) is 11.4. The van der Waals surface area contributed by atoms with Gasteiger partial charge < -0.3 is 21.5 Å². The summed E-state index contributed by atoms with van der Waals surface area (Å²) in [7, 11) is 1.58. The third-order valence-electron chi connectivity index (χ3n) is 2.64. The molecular formula is C13H21N3O2. The number of nitrogens with two attached hydrogens (primary N) is 1. The van der Waals surface area contributed by atoms with E-state index in [0.29, 0.717) is 17.7 Å². The predicted octanol–water partition coefficient (Wildman–Crippen LogP) is 1.20. The molecule has 0 fully saturated rings. The van der Waals surface area contributed by atoms with E-state index < -0.39 is 0 Å². The molecule has 0 saturated heterocycles. The zero-order chi connectivity index (χ0) is 13.7. The predicted molar refractivity (Wildman–Crippen MR) is 73.6 cm³/mol. The van der Waals surface area contributed by atoms with E-state index in [4.69, 9.17) is 5.73 Å². The lowest BCUT2D eigenvalue weighted by molar-refractivity contribution is 0.0963. The van der Waals surface area contributed by atoms with Crippen LogP contribution in [-0.4, -0.2) is 30.2 Å². The standard InChI is InChI=1S/C13H21N3O2/c1-8(6-9(2)17)16-12-5-4-10(7-11(12)14)13(18)15-3/h4-5,7-9,16-17H,6,14H2,1-3H3,(H,15,18). The molecular weight excluding hydrogens is 230 g/mol. The van der Waals surface area contributed by atoms with Crippen LogP contribution in [-0.2, 0) is 0 Å². The maximum atomic E-state index is 11.4. The quantitative estimate of drug-likeness (QED) is 0.592. The Labute approximate surface area is 107 Å². The molecule has 0 aliphatic heterocycles. The highest BCUT2D eigenvalue weighted by Crippen LogP contribution is 2.21. The molecule has 0 aliphatic carbocycles. The monoisotopic (exact) mass is 251 g/mol. The van der Waals surface area contributed by atoms with Crippen molar-refractivity contribution in [1.29, 1.82) is 0 Å². The fraction of sp³-hybridized carbons (Fsp3) is 0.462. The van der Waals surface area contributed by atoms with Gasteiger partial charge in [0.2, 0.25) is 0 Å². The summed E-state index contributed by atoms with van der Waals surface area (Å²) in [6.07, 6.45) is 0.273. The molecule has 18 heavy (non-hydrogen) atoms. The minimum Gasteiger partial charge on any atom is -0.397 e. The van der Waals surface area contributed by atoms with Crippen LogP contribution in [0.1, 0.15) is 30.6 Å². The van der Waals surface area contributed by atoms with Gasteiger partial charge in [-0.15, -0.1) is 0 Å². The number of aliphatic hydroxyl groups excluding tert-OH is 1. The van der Waals surface area contributed by atoms with E-state index in [1.54, 1.807) is 32.2 Å². The highest BCUT2D eigenvalue weighted by molar-refractivity contribution is 5.95. The summed E-state index contributed by atoms with van der Waals surface area (Å²) in [5.41, 5.74) is 7.71. The molecule has 1 rings (SSSR count). The number of nitrogens with one attached hydrogen (secondary N) is 2. The molecule has 0 aromatic heterocycles. The summed E-state index contributed by atoms with van der Waals surface area (Å²) >= 11 is 0. The molecule has 1 amide bonds. The van der Waals surface area contributed by atoms with Crippen LogP contribution in [0.2, 0.25) is 0 Å². The zero-order valence-corrected chi connectivity index (χ0v) is 11.0. The van der Waals surface area contributed by atoms with Crippen molar-refractivity contribution in [1.82, 2.24) is 5.32 Å². The maximum Gasteiger partial charge on any atom is 0.251 e. The molecule has 5 N–H and O–H groups in total. The van der Waals surface area contributed by atoms with E-state index in [1.165, 1.54) is 0 Å². The van der Waals surface area contributed by atoms with Crippen molar-refractivity contribution in [2.45, 2.75) is 32.4 Å². The van der Waals surface area contributed by atoms with Crippen molar-refractivity contribution in [3.63, 3.8) is 0 Å². The van der Waals surface area contributed by atoms with Crippen molar-refractivity contribution < 1.29 is 9.90 Å². The van der Waals surface area contributed by atoms with Crippen molar-refractivity contribution in [2.75, 3.05) is 18.1 Å². The third-order valence-corrected chi connectivity index (χ3v) is 2.64. The molecule has 1 aromatic rings. The van der Waals surface area contributed by atoms with Gasteiger partial charge >= 0.3 is 0 Å². The van der Waals surface area contributed by atoms with E-state index in [9.17, 15) is 9.90 Å². The molecule has 0 aliphatic rings. The molecule has 1 aromatic carbocycles. The fourth-order valence-electron chi connectivity index (χ4n) is 1.82. The SMILES string of the molecule is CNC(=O)c1ccc(NC(C)CC(C)O)c(N)c1. The first kappa shape index (κ1) is 14.3. The van der Waals surface area contributed by atoms with Gasteiger partial charge in [-0.1, -0.05) is 0 Å². The molecule has 0 heterocycles. The Hall–Kier alpha value is -1.75. The molecule has 2 atom stereocenters. The largest absolute Gasteiger partial charge is 0.397 e. The Balaban J connectivity index is 2.76. The minimum absolute atomic E-state index is 0.109. The Bertz CT molecular complexity index is 419. The van der Waals surface area contributed by atoms with Gasteiger partial charge in [0, 0.05) is 18.7 Å².